The minimum absolute atomic E-state index is 0.142. The summed E-state index contributed by atoms with van der Waals surface area (Å²) in [6.07, 6.45) is 4.79. The normalized spacial score (nSPS) is 21.6. The van der Waals surface area contributed by atoms with Gasteiger partial charge in [0.2, 0.25) is 0 Å². The molecule has 1 aromatic rings. The summed E-state index contributed by atoms with van der Waals surface area (Å²) in [4.78, 5) is 12.4. The van der Waals surface area contributed by atoms with Gasteiger partial charge in [-0.3, -0.25) is 4.79 Å². The Hall–Kier alpha value is -2.16. The molecule has 27 heavy (non-hydrogen) atoms. The molecule has 3 rings (SSSR count). The molecule has 1 aliphatic carbocycles. The van der Waals surface area contributed by atoms with Gasteiger partial charge >= 0.3 is 0 Å². The molecule has 0 bridgehead atoms. The summed E-state index contributed by atoms with van der Waals surface area (Å²) in [6.45, 7) is 1.75. The average Bonchev–Trinajstić information content (AvgIpc) is 2.72. The number of amides is 1. The van der Waals surface area contributed by atoms with Crippen molar-refractivity contribution < 1.29 is 18.7 Å². The number of halogens is 1. The third-order valence-corrected chi connectivity index (χ3v) is 5.27. The number of carbonyl (C=O) groups is 1. The van der Waals surface area contributed by atoms with Crippen LogP contribution in [0, 0.1) is 11.8 Å². The van der Waals surface area contributed by atoms with E-state index in [1.807, 2.05) is 6.08 Å². The molecule has 0 aromatic heterocycles. The molecule has 1 atom stereocenters. The van der Waals surface area contributed by atoms with Crippen LogP contribution < -0.4 is 5.32 Å². The molecule has 2 aliphatic rings. The second kappa shape index (κ2) is 9.16. The molecule has 1 saturated heterocycles. The van der Waals surface area contributed by atoms with Crippen LogP contribution in [0.2, 0.25) is 0 Å². The molecule has 0 radical (unpaired) electrons. The van der Waals surface area contributed by atoms with Crippen LogP contribution in [-0.2, 0) is 9.47 Å². The van der Waals surface area contributed by atoms with Crippen LogP contribution >= 0.6 is 0 Å². The van der Waals surface area contributed by atoms with Crippen LogP contribution in [-0.4, -0.2) is 44.5 Å². The van der Waals surface area contributed by atoms with Crippen LogP contribution in [0.1, 0.15) is 48.0 Å². The number of rotatable bonds is 4. The van der Waals surface area contributed by atoms with Gasteiger partial charge in [-0.2, -0.15) is 0 Å². The van der Waals surface area contributed by atoms with Gasteiger partial charge in [0.15, 0.2) is 0 Å². The van der Waals surface area contributed by atoms with E-state index in [1.54, 1.807) is 31.4 Å². The number of nitrogens with one attached hydrogen (secondary N) is 1. The van der Waals surface area contributed by atoms with Crippen LogP contribution in [0.15, 0.2) is 35.9 Å². The number of hydrogen-bond donors (Lipinski definition) is 1. The van der Waals surface area contributed by atoms with Crippen molar-refractivity contribution in [3.8, 4) is 11.8 Å². The zero-order valence-corrected chi connectivity index (χ0v) is 15.7. The lowest BCUT2D eigenvalue weighted by molar-refractivity contribution is -0.0864. The average molecular weight is 371 g/mol. The zero-order chi connectivity index (χ0) is 19.1. The highest BCUT2D eigenvalue weighted by Gasteiger charge is 2.32. The van der Waals surface area contributed by atoms with Crippen molar-refractivity contribution in [2.75, 3.05) is 26.9 Å². The van der Waals surface area contributed by atoms with Crippen molar-refractivity contribution in [3.05, 3.63) is 47.0 Å². The Morgan fingerprint density at radius 3 is 2.70 bits per heavy atom. The van der Waals surface area contributed by atoms with Gasteiger partial charge in [0.05, 0.1) is 5.60 Å². The topological polar surface area (TPSA) is 47.6 Å². The van der Waals surface area contributed by atoms with Crippen LogP contribution in [0.25, 0.3) is 0 Å². The predicted octanol–water partition coefficient (Wildman–Crippen LogP) is 3.41. The molecule has 5 heteroatoms. The molecule has 1 amide bonds. The fraction of sp³-hybridized carbons (Fsp3) is 0.500. The lowest BCUT2D eigenvalue weighted by atomic mass is 9.94. The van der Waals surface area contributed by atoms with Gasteiger partial charge in [-0.05, 0) is 43.5 Å². The van der Waals surface area contributed by atoms with Crippen LogP contribution in [0.3, 0.4) is 0 Å². The first kappa shape index (κ1) is 19.6. The SMILES string of the molecule is COC1(CNC(=O)c2ccc(C#CC3=CCCCC3F)cc2)CCOCC1. The second-order valence-electron chi connectivity index (χ2n) is 7.07. The lowest BCUT2D eigenvalue weighted by Crippen LogP contribution is -2.48. The maximum atomic E-state index is 13.8. The Balaban J connectivity index is 1.58. The van der Waals surface area contributed by atoms with E-state index in [1.165, 1.54) is 0 Å². The number of ether oxygens (including phenoxy) is 2. The van der Waals surface area contributed by atoms with E-state index < -0.39 is 6.17 Å². The predicted molar refractivity (Wildman–Crippen MR) is 102 cm³/mol. The fourth-order valence-electron chi connectivity index (χ4n) is 3.36. The van der Waals surface area contributed by atoms with Gasteiger partial charge in [-0.25, -0.2) is 4.39 Å². The molecule has 1 heterocycles. The first-order valence-electron chi connectivity index (χ1n) is 9.49. The number of methoxy groups -OCH3 is 1. The van der Waals surface area contributed by atoms with Crippen molar-refractivity contribution in [1.29, 1.82) is 0 Å². The smallest absolute Gasteiger partial charge is 0.251 e. The summed E-state index contributed by atoms with van der Waals surface area (Å²) >= 11 is 0. The quantitative estimate of drug-likeness (QED) is 0.825. The summed E-state index contributed by atoms with van der Waals surface area (Å²) in [5, 5.41) is 2.96. The Labute approximate surface area is 160 Å². The third-order valence-electron chi connectivity index (χ3n) is 5.27. The molecule has 1 aliphatic heterocycles. The summed E-state index contributed by atoms with van der Waals surface area (Å²) < 4.78 is 24.8. The Morgan fingerprint density at radius 1 is 1.30 bits per heavy atom. The highest BCUT2D eigenvalue weighted by molar-refractivity contribution is 5.94. The standard InChI is InChI=1S/C22H26FNO3/c1-26-22(12-14-27-15-13-22)16-24-21(25)19-10-7-17(8-11-19)6-9-18-4-2-3-5-20(18)23/h4,7-8,10-11,20H,2-3,5,12-16H2,1H3,(H,24,25). The number of carbonyl (C=O) groups excluding carboxylic acids is 1. The van der Waals surface area contributed by atoms with E-state index in [-0.39, 0.29) is 11.5 Å². The Morgan fingerprint density at radius 2 is 2.04 bits per heavy atom. The molecular weight excluding hydrogens is 345 g/mol. The molecule has 1 aromatic carbocycles. The van der Waals surface area contributed by atoms with Gasteiger partial charge in [-0.1, -0.05) is 17.9 Å². The molecule has 4 nitrogen and oxygen atoms in total. The van der Waals surface area contributed by atoms with E-state index in [0.29, 0.717) is 37.3 Å². The molecule has 144 valence electrons. The van der Waals surface area contributed by atoms with Gasteiger partial charge < -0.3 is 14.8 Å². The summed E-state index contributed by atoms with van der Waals surface area (Å²) in [7, 11) is 1.68. The van der Waals surface area contributed by atoms with Gasteiger partial charge in [-0.15, -0.1) is 0 Å². The first-order chi connectivity index (χ1) is 13.1. The van der Waals surface area contributed by atoms with Crippen molar-refractivity contribution in [2.24, 2.45) is 0 Å². The lowest BCUT2D eigenvalue weighted by Gasteiger charge is -2.35. The van der Waals surface area contributed by atoms with Crippen LogP contribution in [0.5, 0.6) is 0 Å². The minimum atomic E-state index is -0.949. The number of allylic oxidation sites excluding steroid dienone is 2. The molecule has 0 spiro atoms. The van der Waals surface area contributed by atoms with E-state index in [4.69, 9.17) is 9.47 Å². The van der Waals surface area contributed by atoms with E-state index in [9.17, 15) is 9.18 Å². The highest BCUT2D eigenvalue weighted by atomic mass is 19.1. The first-order valence-corrected chi connectivity index (χ1v) is 9.49. The number of hydrogen-bond acceptors (Lipinski definition) is 3. The van der Waals surface area contributed by atoms with Crippen molar-refractivity contribution in [2.45, 2.75) is 43.9 Å². The molecule has 1 N–H and O–H groups in total. The number of benzene rings is 1. The van der Waals surface area contributed by atoms with Gasteiger partial charge in [0.25, 0.3) is 5.91 Å². The van der Waals surface area contributed by atoms with Gasteiger partial charge in [0, 0.05) is 56.4 Å². The molecule has 0 saturated carbocycles. The van der Waals surface area contributed by atoms with Crippen molar-refractivity contribution >= 4 is 5.91 Å². The summed E-state index contributed by atoms with van der Waals surface area (Å²) in [6, 6.07) is 7.06. The minimum Gasteiger partial charge on any atom is -0.381 e. The summed E-state index contributed by atoms with van der Waals surface area (Å²) in [5.74, 6) is 5.77. The largest absolute Gasteiger partial charge is 0.381 e. The van der Waals surface area contributed by atoms with Crippen molar-refractivity contribution in [1.82, 2.24) is 5.32 Å². The van der Waals surface area contributed by atoms with Crippen LogP contribution in [0.4, 0.5) is 4.39 Å². The molecule has 1 fully saturated rings. The number of alkyl halides is 1. The zero-order valence-electron chi connectivity index (χ0n) is 15.7. The maximum absolute atomic E-state index is 13.8. The third kappa shape index (κ3) is 5.18. The van der Waals surface area contributed by atoms with Gasteiger partial charge in [0.1, 0.15) is 6.17 Å². The monoisotopic (exact) mass is 371 g/mol. The van der Waals surface area contributed by atoms with E-state index in [0.717, 1.165) is 31.2 Å². The van der Waals surface area contributed by atoms with E-state index in [2.05, 4.69) is 17.2 Å². The maximum Gasteiger partial charge on any atom is 0.251 e. The summed E-state index contributed by atoms with van der Waals surface area (Å²) in [5.41, 5.74) is 1.56. The Kier molecular flexibility index (Phi) is 6.65. The second-order valence-corrected chi connectivity index (χ2v) is 7.07. The van der Waals surface area contributed by atoms with Crippen molar-refractivity contribution in [3.63, 3.8) is 0 Å². The van der Waals surface area contributed by atoms with E-state index >= 15 is 0 Å². The molecular formula is C22H26FNO3. The fourth-order valence-corrected chi connectivity index (χ4v) is 3.36. The highest BCUT2D eigenvalue weighted by Crippen LogP contribution is 2.24. The Bertz CT molecular complexity index is 739. The molecule has 1 unspecified atom stereocenters.